The predicted molar refractivity (Wildman–Crippen MR) is 105 cm³/mol. The molecular weight excluding hydrogens is 383 g/mol. The Morgan fingerprint density at radius 2 is 1.97 bits per heavy atom. The van der Waals surface area contributed by atoms with Crippen molar-refractivity contribution in [2.75, 3.05) is 23.8 Å². The molecule has 0 unspecified atom stereocenters. The molecule has 2 aromatic carbocycles. The third-order valence-corrected chi connectivity index (χ3v) is 4.61. The number of halogens is 3. The SMILES string of the molecule is C[C@@H](Nc1cnnc2ccc(NC3=NCCO3)cc12)c1cccc(C(F)F)c1F. The van der Waals surface area contributed by atoms with E-state index in [1.807, 2.05) is 12.1 Å². The Morgan fingerprint density at radius 3 is 2.72 bits per heavy atom. The number of rotatable bonds is 5. The number of alkyl halides is 2. The van der Waals surface area contributed by atoms with Crippen LogP contribution in [0.2, 0.25) is 0 Å². The summed E-state index contributed by atoms with van der Waals surface area (Å²) in [6.07, 6.45) is -1.36. The maximum absolute atomic E-state index is 14.5. The van der Waals surface area contributed by atoms with Crippen LogP contribution in [0.1, 0.15) is 30.5 Å². The molecule has 0 aliphatic carbocycles. The molecule has 0 fully saturated rings. The molecule has 6 nitrogen and oxygen atoms in total. The van der Waals surface area contributed by atoms with E-state index in [1.54, 1.807) is 13.0 Å². The number of nitrogens with one attached hydrogen (secondary N) is 2. The lowest BCUT2D eigenvalue weighted by Gasteiger charge is -2.19. The lowest BCUT2D eigenvalue weighted by atomic mass is 10.0. The van der Waals surface area contributed by atoms with Gasteiger partial charge in [0.25, 0.3) is 12.4 Å². The fraction of sp³-hybridized carbons (Fsp3) is 0.250. The van der Waals surface area contributed by atoms with Gasteiger partial charge in [0, 0.05) is 16.6 Å². The monoisotopic (exact) mass is 401 g/mol. The van der Waals surface area contributed by atoms with E-state index in [0.717, 1.165) is 17.1 Å². The van der Waals surface area contributed by atoms with Crippen LogP contribution in [0.5, 0.6) is 0 Å². The number of hydrogen-bond acceptors (Lipinski definition) is 6. The molecule has 2 heterocycles. The molecule has 4 rings (SSSR count). The number of ether oxygens (including phenoxy) is 1. The van der Waals surface area contributed by atoms with Crippen LogP contribution in [0.25, 0.3) is 10.9 Å². The van der Waals surface area contributed by atoms with Gasteiger partial charge in [-0.1, -0.05) is 18.2 Å². The summed E-state index contributed by atoms with van der Waals surface area (Å²) in [6, 6.07) is 9.32. The number of aromatic nitrogens is 2. The zero-order chi connectivity index (χ0) is 20.4. The third kappa shape index (κ3) is 3.94. The summed E-state index contributed by atoms with van der Waals surface area (Å²) in [4.78, 5) is 4.19. The number of anilines is 2. The lowest BCUT2D eigenvalue weighted by molar-refractivity contribution is 0.146. The van der Waals surface area contributed by atoms with Crippen molar-refractivity contribution in [1.82, 2.24) is 10.2 Å². The van der Waals surface area contributed by atoms with Crippen molar-refractivity contribution < 1.29 is 17.9 Å². The summed E-state index contributed by atoms with van der Waals surface area (Å²) in [5, 5.41) is 15.0. The molecule has 0 radical (unpaired) electrons. The van der Waals surface area contributed by atoms with Gasteiger partial charge in [-0.25, -0.2) is 18.2 Å². The summed E-state index contributed by atoms with van der Waals surface area (Å²) in [5.74, 6) is -0.910. The molecule has 150 valence electrons. The molecule has 0 spiro atoms. The number of hydrogen-bond donors (Lipinski definition) is 2. The van der Waals surface area contributed by atoms with Crippen molar-refractivity contribution in [3.05, 3.63) is 59.5 Å². The van der Waals surface area contributed by atoms with Gasteiger partial charge in [-0.2, -0.15) is 10.2 Å². The van der Waals surface area contributed by atoms with Gasteiger partial charge in [0.15, 0.2) is 0 Å². The van der Waals surface area contributed by atoms with E-state index in [4.69, 9.17) is 4.74 Å². The van der Waals surface area contributed by atoms with E-state index < -0.39 is 23.8 Å². The summed E-state index contributed by atoms with van der Waals surface area (Å²) in [6.45, 7) is 2.84. The molecule has 0 amide bonds. The smallest absolute Gasteiger partial charge is 0.289 e. The first kappa shape index (κ1) is 19.0. The Labute approximate surface area is 164 Å². The van der Waals surface area contributed by atoms with Gasteiger partial charge in [-0.15, -0.1) is 0 Å². The second kappa shape index (κ2) is 7.94. The highest BCUT2D eigenvalue weighted by atomic mass is 19.3. The number of aliphatic imine (C=N–C) groups is 1. The molecule has 29 heavy (non-hydrogen) atoms. The minimum atomic E-state index is -2.88. The topological polar surface area (TPSA) is 71.4 Å². The summed E-state index contributed by atoms with van der Waals surface area (Å²) >= 11 is 0. The summed E-state index contributed by atoms with van der Waals surface area (Å²) < 4.78 is 45.9. The highest BCUT2D eigenvalue weighted by Crippen LogP contribution is 2.31. The molecule has 1 atom stereocenters. The Kier molecular flexibility index (Phi) is 5.20. The van der Waals surface area contributed by atoms with Gasteiger partial charge in [-0.05, 0) is 25.1 Å². The number of amidine groups is 1. The zero-order valence-electron chi connectivity index (χ0n) is 15.5. The van der Waals surface area contributed by atoms with Gasteiger partial charge in [0.1, 0.15) is 12.4 Å². The highest BCUT2D eigenvalue weighted by molar-refractivity contribution is 5.97. The van der Waals surface area contributed by atoms with E-state index in [9.17, 15) is 13.2 Å². The third-order valence-electron chi connectivity index (χ3n) is 4.61. The quantitative estimate of drug-likeness (QED) is 0.650. The standard InChI is InChI=1S/C20H18F3N5O/c1-11(13-3-2-4-14(18(13)21)19(22)23)26-17-10-25-28-16-6-5-12(9-15(16)17)27-20-24-7-8-29-20/h2-6,9-11,19H,7-8H2,1H3,(H,24,27)(H,26,28)/t11-/m1/s1. The molecule has 1 aliphatic rings. The summed E-state index contributed by atoms with van der Waals surface area (Å²) in [5.41, 5.74) is 1.51. The Hall–Kier alpha value is -3.36. The molecule has 3 aromatic rings. The molecule has 0 bridgehead atoms. The largest absolute Gasteiger partial charge is 0.463 e. The van der Waals surface area contributed by atoms with E-state index in [-0.39, 0.29) is 5.56 Å². The Morgan fingerprint density at radius 1 is 1.14 bits per heavy atom. The van der Waals surface area contributed by atoms with Gasteiger partial charge < -0.3 is 15.4 Å². The van der Waals surface area contributed by atoms with Gasteiger partial charge >= 0.3 is 0 Å². The second-order valence-corrected chi connectivity index (χ2v) is 6.57. The Balaban J connectivity index is 1.64. The first-order valence-electron chi connectivity index (χ1n) is 9.05. The molecule has 1 aromatic heterocycles. The van der Waals surface area contributed by atoms with Gasteiger partial charge in [-0.3, -0.25) is 0 Å². The van der Waals surface area contributed by atoms with Crippen LogP contribution in [0.3, 0.4) is 0 Å². The summed E-state index contributed by atoms with van der Waals surface area (Å²) in [7, 11) is 0. The minimum absolute atomic E-state index is 0.149. The second-order valence-electron chi connectivity index (χ2n) is 6.57. The highest BCUT2D eigenvalue weighted by Gasteiger charge is 2.20. The lowest BCUT2D eigenvalue weighted by Crippen LogP contribution is -2.12. The van der Waals surface area contributed by atoms with Crippen molar-refractivity contribution in [3.63, 3.8) is 0 Å². The molecule has 1 aliphatic heterocycles. The van der Waals surface area contributed by atoms with Gasteiger partial charge in [0.05, 0.1) is 35.6 Å². The molecule has 0 saturated carbocycles. The predicted octanol–water partition coefficient (Wildman–Crippen LogP) is 4.68. The van der Waals surface area contributed by atoms with E-state index in [1.165, 1.54) is 18.3 Å². The number of benzene rings is 2. The van der Waals surface area contributed by atoms with Crippen molar-refractivity contribution >= 4 is 28.3 Å². The van der Waals surface area contributed by atoms with Crippen molar-refractivity contribution in [3.8, 4) is 0 Å². The van der Waals surface area contributed by atoms with Crippen molar-refractivity contribution in [2.45, 2.75) is 19.4 Å². The number of nitrogens with zero attached hydrogens (tertiary/aromatic N) is 3. The van der Waals surface area contributed by atoms with Gasteiger partial charge in [0.2, 0.25) is 0 Å². The maximum Gasteiger partial charge on any atom is 0.289 e. The average molecular weight is 401 g/mol. The van der Waals surface area contributed by atoms with Crippen molar-refractivity contribution in [1.29, 1.82) is 0 Å². The molecule has 2 N–H and O–H groups in total. The van der Waals surface area contributed by atoms with Crippen molar-refractivity contribution in [2.24, 2.45) is 4.99 Å². The van der Waals surface area contributed by atoms with Crippen LogP contribution >= 0.6 is 0 Å². The van der Waals surface area contributed by atoms with Crippen LogP contribution in [0, 0.1) is 5.82 Å². The first-order valence-corrected chi connectivity index (χ1v) is 9.05. The van der Waals surface area contributed by atoms with Crippen LogP contribution < -0.4 is 10.6 Å². The van der Waals surface area contributed by atoms with Crippen LogP contribution in [0.15, 0.2) is 47.6 Å². The molecular formula is C20H18F3N5O. The molecule has 0 saturated heterocycles. The van der Waals surface area contributed by atoms with E-state index in [0.29, 0.717) is 30.4 Å². The van der Waals surface area contributed by atoms with Crippen LogP contribution in [-0.4, -0.2) is 29.4 Å². The fourth-order valence-corrected chi connectivity index (χ4v) is 3.17. The van der Waals surface area contributed by atoms with E-state index in [2.05, 4.69) is 25.8 Å². The average Bonchev–Trinajstić information content (AvgIpc) is 3.21. The Bertz CT molecular complexity index is 1070. The number of fused-ring (bicyclic) bond motifs is 1. The maximum atomic E-state index is 14.5. The van der Waals surface area contributed by atoms with E-state index >= 15 is 0 Å². The normalized spacial score (nSPS) is 14.6. The zero-order valence-corrected chi connectivity index (χ0v) is 15.5. The van der Waals surface area contributed by atoms with Crippen LogP contribution in [0.4, 0.5) is 24.5 Å². The minimum Gasteiger partial charge on any atom is -0.463 e. The van der Waals surface area contributed by atoms with Crippen LogP contribution in [-0.2, 0) is 4.74 Å². The fourth-order valence-electron chi connectivity index (χ4n) is 3.17. The molecule has 9 heteroatoms. The first-order chi connectivity index (χ1) is 14.0.